The van der Waals surface area contributed by atoms with Crippen LogP contribution in [0, 0.1) is 13.7 Å². The van der Waals surface area contributed by atoms with Gasteiger partial charge in [0.25, 0.3) is 0 Å². The quantitative estimate of drug-likeness (QED) is 0.364. The highest BCUT2D eigenvalue weighted by molar-refractivity contribution is 14.1. The van der Waals surface area contributed by atoms with E-state index in [0.717, 1.165) is 0 Å². The molecule has 8 heteroatoms. The maximum absolute atomic E-state index is 10.9. The van der Waals surface area contributed by atoms with Crippen LogP contribution in [0.4, 0.5) is 11.4 Å². The third-order valence-corrected chi connectivity index (χ3v) is 3.19. The van der Waals surface area contributed by atoms with Gasteiger partial charge < -0.3 is 10.1 Å². The summed E-state index contributed by atoms with van der Waals surface area (Å²) < 4.78 is 5.94. The number of hydrogen-bond acceptors (Lipinski definition) is 4. The van der Waals surface area contributed by atoms with Crippen molar-refractivity contribution in [3.05, 3.63) is 24.2 Å². The first-order chi connectivity index (χ1) is 7.52. The fourth-order valence-corrected chi connectivity index (χ4v) is 2.88. The molecule has 1 rings (SSSR count). The van der Waals surface area contributed by atoms with Crippen molar-refractivity contribution in [2.75, 3.05) is 12.4 Å². The zero-order valence-electron chi connectivity index (χ0n) is 7.99. The maximum atomic E-state index is 10.9. The molecule has 1 N–H and O–H groups in total. The summed E-state index contributed by atoms with van der Waals surface area (Å²) in [6.07, 6.45) is 0.387. The minimum atomic E-state index is -0.600. The average Bonchev–Trinajstić information content (AvgIpc) is 2.21. The standard InChI is InChI=1S/C8H6BrIN2O4/c1-16-8-4(9)2-5(10)6(11-3-13)7(8)12(14)15/h2-3H,1H3,(H,11,13). The first-order valence-corrected chi connectivity index (χ1v) is 5.80. The fraction of sp³-hybridized carbons (Fsp3) is 0.125. The summed E-state index contributed by atoms with van der Waals surface area (Å²) in [6.45, 7) is 0. The number of nitrogens with one attached hydrogen (secondary N) is 1. The Kier molecular flexibility index (Phi) is 4.47. The maximum Gasteiger partial charge on any atom is 0.336 e. The van der Waals surface area contributed by atoms with Crippen molar-refractivity contribution >= 4 is 56.3 Å². The molecule has 0 aliphatic heterocycles. The van der Waals surface area contributed by atoms with Crippen LogP contribution in [0.25, 0.3) is 0 Å². The third-order valence-electron chi connectivity index (χ3n) is 1.75. The zero-order valence-corrected chi connectivity index (χ0v) is 11.7. The molecular weight excluding hydrogens is 395 g/mol. The third kappa shape index (κ3) is 2.43. The van der Waals surface area contributed by atoms with Gasteiger partial charge in [-0.15, -0.1) is 0 Å². The van der Waals surface area contributed by atoms with Crippen molar-refractivity contribution in [3.8, 4) is 5.75 Å². The van der Waals surface area contributed by atoms with Crippen LogP contribution in [-0.2, 0) is 4.79 Å². The number of carbonyl (C=O) groups excluding carboxylic acids is 1. The van der Waals surface area contributed by atoms with E-state index in [1.54, 1.807) is 6.07 Å². The Morgan fingerprint density at radius 3 is 2.75 bits per heavy atom. The molecule has 0 aliphatic carbocycles. The number of hydrogen-bond donors (Lipinski definition) is 1. The Balaban J connectivity index is 3.57. The van der Waals surface area contributed by atoms with E-state index in [1.807, 2.05) is 22.6 Å². The second-order valence-corrected chi connectivity index (χ2v) is 4.63. The number of nitro groups is 1. The SMILES string of the molecule is COc1c(Br)cc(I)c(NC=O)c1[N+](=O)[O-]. The van der Waals surface area contributed by atoms with Gasteiger partial charge in [-0.25, -0.2) is 0 Å². The summed E-state index contributed by atoms with van der Waals surface area (Å²) >= 11 is 5.05. The lowest BCUT2D eigenvalue weighted by Crippen LogP contribution is -2.04. The monoisotopic (exact) mass is 400 g/mol. The molecule has 0 saturated heterocycles. The lowest BCUT2D eigenvalue weighted by atomic mass is 10.2. The molecule has 0 fully saturated rings. The van der Waals surface area contributed by atoms with E-state index in [9.17, 15) is 14.9 Å². The van der Waals surface area contributed by atoms with Crippen LogP contribution in [0.3, 0.4) is 0 Å². The van der Waals surface area contributed by atoms with Gasteiger partial charge in [-0.3, -0.25) is 14.9 Å². The molecular formula is C8H6BrIN2O4. The number of anilines is 1. The molecule has 0 saturated carbocycles. The molecule has 0 radical (unpaired) electrons. The Bertz CT molecular complexity index is 452. The average molecular weight is 401 g/mol. The Morgan fingerprint density at radius 2 is 2.31 bits per heavy atom. The Hall–Kier alpha value is -0.900. The topological polar surface area (TPSA) is 81.5 Å². The van der Waals surface area contributed by atoms with Crippen molar-refractivity contribution in [2.45, 2.75) is 0 Å². The minimum Gasteiger partial charge on any atom is -0.489 e. The van der Waals surface area contributed by atoms with Crippen molar-refractivity contribution in [3.63, 3.8) is 0 Å². The van der Waals surface area contributed by atoms with Gasteiger partial charge in [-0.05, 0) is 44.6 Å². The molecule has 16 heavy (non-hydrogen) atoms. The van der Waals surface area contributed by atoms with E-state index in [2.05, 4.69) is 21.2 Å². The minimum absolute atomic E-state index is 0.0785. The number of halogens is 2. The highest BCUT2D eigenvalue weighted by Crippen LogP contribution is 2.43. The summed E-state index contributed by atoms with van der Waals surface area (Å²) in [6, 6.07) is 1.62. The predicted octanol–water partition coefficient (Wildman–Crippen LogP) is 2.54. The van der Waals surface area contributed by atoms with Gasteiger partial charge in [0, 0.05) is 3.57 Å². The Labute approximate surface area is 113 Å². The molecule has 0 bridgehead atoms. The van der Waals surface area contributed by atoms with Crippen LogP contribution in [0.5, 0.6) is 5.75 Å². The number of rotatable bonds is 4. The number of benzene rings is 1. The lowest BCUT2D eigenvalue weighted by Gasteiger charge is -2.09. The van der Waals surface area contributed by atoms with Crippen LogP contribution in [0.15, 0.2) is 10.5 Å². The van der Waals surface area contributed by atoms with Gasteiger partial charge in [0.15, 0.2) is 0 Å². The first kappa shape index (κ1) is 13.2. The second-order valence-electron chi connectivity index (χ2n) is 2.62. The van der Waals surface area contributed by atoms with Crippen molar-refractivity contribution in [1.82, 2.24) is 0 Å². The smallest absolute Gasteiger partial charge is 0.336 e. The molecule has 0 unspecified atom stereocenters. The van der Waals surface area contributed by atoms with Crippen LogP contribution in [-0.4, -0.2) is 18.4 Å². The van der Waals surface area contributed by atoms with E-state index in [0.29, 0.717) is 14.5 Å². The van der Waals surface area contributed by atoms with Gasteiger partial charge in [0.2, 0.25) is 12.2 Å². The second kappa shape index (κ2) is 5.43. The van der Waals surface area contributed by atoms with E-state index >= 15 is 0 Å². The summed E-state index contributed by atoms with van der Waals surface area (Å²) in [5, 5.41) is 13.2. The highest BCUT2D eigenvalue weighted by atomic mass is 127. The van der Waals surface area contributed by atoms with Crippen molar-refractivity contribution in [1.29, 1.82) is 0 Å². The molecule has 86 valence electrons. The molecule has 0 atom stereocenters. The normalized spacial score (nSPS) is 9.69. The molecule has 0 aromatic heterocycles. The van der Waals surface area contributed by atoms with Crippen LogP contribution in [0.2, 0.25) is 0 Å². The van der Waals surface area contributed by atoms with E-state index in [-0.39, 0.29) is 17.1 Å². The number of nitrogens with zero attached hydrogens (tertiary/aromatic N) is 1. The van der Waals surface area contributed by atoms with Crippen molar-refractivity contribution in [2.24, 2.45) is 0 Å². The van der Waals surface area contributed by atoms with Crippen LogP contribution in [0.1, 0.15) is 0 Å². The summed E-state index contributed by atoms with van der Waals surface area (Å²) in [7, 11) is 1.32. The molecule has 6 nitrogen and oxygen atoms in total. The largest absolute Gasteiger partial charge is 0.489 e. The molecule has 1 amide bonds. The number of amides is 1. The van der Waals surface area contributed by atoms with Crippen LogP contribution < -0.4 is 10.1 Å². The van der Waals surface area contributed by atoms with Gasteiger partial charge in [-0.2, -0.15) is 0 Å². The number of carbonyl (C=O) groups is 1. The van der Waals surface area contributed by atoms with E-state index in [1.165, 1.54) is 7.11 Å². The molecule has 1 aromatic rings. The number of methoxy groups -OCH3 is 1. The predicted molar refractivity (Wildman–Crippen MR) is 69.8 cm³/mol. The summed E-state index contributed by atoms with van der Waals surface area (Å²) in [5.74, 6) is 0.0785. The van der Waals surface area contributed by atoms with Gasteiger partial charge >= 0.3 is 5.69 Å². The van der Waals surface area contributed by atoms with Gasteiger partial charge in [-0.1, -0.05) is 0 Å². The van der Waals surface area contributed by atoms with Gasteiger partial charge in [0.05, 0.1) is 16.5 Å². The van der Waals surface area contributed by atoms with E-state index in [4.69, 9.17) is 4.74 Å². The van der Waals surface area contributed by atoms with E-state index < -0.39 is 4.92 Å². The summed E-state index contributed by atoms with van der Waals surface area (Å²) in [4.78, 5) is 20.7. The number of nitro benzene ring substituents is 1. The molecule has 1 aromatic carbocycles. The fourth-order valence-electron chi connectivity index (χ4n) is 1.15. The Morgan fingerprint density at radius 1 is 1.69 bits per heavy atom. The lowest BCUT2D eigenvalue weighted by molar-refractivity contribution is -0.384. The molecule has 0 aliphatic rings. The van der Waals surface area contributed by atoms with Crippen LogP contribution >= 0.6 is 38.5 Å². The highest BCUT2D eigenvalue weighted by Gasteiger charge is 2.26. The van der Waals surface area contributed by atoms with Gasteiger partial charge in [0.1, 0.15) is 5.69 Å². The molecule has 0 spiro atoms. The summed E-state index contributed by atoms with van der Waals surface area (Å²) in [5.41, 5.74) is -0.144. The zero-order chi connectivity index (χ0) is 12.3. The van der Waals surface area contributed by atoms with Crippen molar-refractivity contribution < 1.29 is 14.5 Å². The molecule has 0 heterocycles. The number of ether oxygens (including phenoxy) is 1. The first-order valence-electron chi connectivity index (χ1n) is 3.93.